The van der Waals surface area contributed by atoms with E-state index in [9.17, 15) is 4.79 Å². The molecule has 0 spiro atoms. The lowest BCUT2D eigenvalue weighted by Gasteiger charge is -2.15. The van der Waals surface area contributed by atoms with Gasteiger partial charge in [-0.2, -0.15) is 0 Å². The van der Waals surface area contributed by atoms with Gasteiger partial charge in [0.05, 0.1) is 10.6 Å². The van der Waals surface area contributed by atoms with Crippen molar-refractivity contribution in [2.45, 2.75) is 13.3 Å². The third-order valence-electron chi connectivity index (χ3n) is 4.86. The quantitative estimate of drug-likeness (QED) is 0.374. The minimum atomic E-state index is -0.0715. The van der Waals surface area contributed by atoms with Crippen molar-refractivity contribution < 1.29 is 4.79 Å². The summed E-state index contributed by atoms with van der Waals surface area (Å²) in [4.78, 5) is 20.3. The van der Waals surface area contributed by atoms with Gasteiger partial charge in [0.1, 0.15) is 0 Å². The summed E-state index contributed by atoms with van der Waals surface area (Å²) in [6, 6.07) is 23.3. The number of amidine groups is 1. The molecule has 0 saturated carbocycles. The summed E-state index contributed by atoms with van der Waals surface area (Å²) in [5.41, 5.74) is 3.91. The first-order chi connectivity index (χ1) is 15.0. The third kappa shape index (κ3) is 5.40. The van der Waals surface area contributed by atoms with Crippen LogP contribution in [0.2, 0.25) is 10.0 Å². The first-order valence-corrected chi connectivity index (χ1v) is 11.4. The summed E-state index contributed by atoms with van der Waals surface area (Å²) >= 11 is 13.7. The Morgan fingerprint density at radius 2 is 1.74 bits per heavy atom. The van der Waals surface area contributed by atoms with E-state index < -0.39 is 0 Å². The third-order valence-corrected chi connectivity index (χ3v) is 6.43. The molecule has 0 radical (unpaired) electrons. The highest BCUT2D eigenvalue weighted by Crippen LogP contribution is 2.35. The molecule has 1 heterocycles. The summed E-state index contributed by atoms with van der Waals surface area (Å²) in [5, 5.41) is 1.73. The Labute approximate surface area is 196 Å². The molecular formula is C25H20Cl2N2OS. The molecule has 4 rings (SSSR count). The summed E-state index contributed by atoms with van der Waals surface area (Å²) in [7, 11) is 0. The van der Waals surface area contributed by atoms with Gasteiger partial charge >= 0.3 is 0 Å². The van der Waals surface area contributed by atoms with E-state index in [0.717, 1.165) is 23.2 Å². The fourth-order valence-electron chi connectivity index (χ4n) is 3.16. The highest BCUT2D eigenvalue weighted by atomic mass is 35.5. The molecule has 0 N–H and O–H groups in total. The van der Waals surface area contributed by atoms with Crippen LogP contribution in [0.3, 0.4) is 0 Å². The topological polar surface area (TPSA) is 32.7 Å². The molecule has 6 heteroatoms. The Kier molecular flexibility index (Phi) is 6.81. The second-order valence-electron chi connectivity index (χ2n) is 7.20. The monoisotopic (exact) mass is 466 g/mol. The predicted octanol–water partition coefficient (Wildman–Crippen LogP) is 7.15. The van der Waals surface area contributed by atoms with E-state index in [2.05, 4.69) is 12.1 Å². The van der Waals surface area contributed by atoms with Crippen LogP contribution in [0.5, 0.6) is 0 Å². The van der Waals surface area contributed by atoms with Crippen molar-refractivity contribution in [2.24, 2.45) is 4.99 Å². The summed E-state index contributed by atoms with van der Waals surface area (Å²) in [5.74, 6) is -0.0715. The molecule has 3 nitrogen and oxygen atoms in total. The lowest BCUT2D eigenvalue weighted by Crippen LogP contribution is -2.31. The zero-order chi connectivity index (χ0) is 21.8. The van der Waals surface area contributed by atoms with Crippen molar-refractivity contribution in [2.75, 3.05) is 6.54 Å². The predicted molar refractivity (Wildman–Crippen MR) is 132 cm³/mol. The van der Waals surface area contributed by atoms with Crippen LogP contribution in [0.4, 0.5) is 5.69 Å². The summed E-state index contributed by atoms with van der Waals surface area (Å²) in [6.07, 6.45) is 2.55. The second-order valence-corrected chi connectivity index (χ2v) is 9.05. The maximum atomic E-state index is 13.3. The molecule has 156 valence electrons. The van der Waals surface area contributed by atoms with Crippen LogP contribution in [0.25, 0.3) is 6.08 Å². The normalized spacial score (nSPS) is 16.5. The number of hydrogen-bond acceptors (Lipinski definition) is 3. The van der Waals surface area contributed by atoms with Gasteiger partial charge in [-0.3, -0.25) is 9.69 Å². The van der Waals surface area contributed by atoms with Gasteiger partial charge in [-0.25, -0.2) is 4.99 Å². The number of carbonyl (C=O) groups is 1. The first kappa shape index (κ1) is 21.7. The number of amides is 1. The van der Waals surface area contributed by atoms with Crippen LogP contribution in [0.1, 0.15) is 16.7 Å². The number of thioether (sulfide) groups is 1. The molecule has 1 aliphatic rings. The Bertz CT molecular complexity index is 1160. The van der Waals surface area contributed by atoms with Crippen LogP contribution < -0.4 is 0 Å². The van der Waals surface area contributed by atoms with Crippen molar-refractivity contribution in [1.29, 1.82) is 0 Å². The molecule has 3 aromatic carbocycles. The van der Waals surface area contributed by atoms with Crippen LogP contribution >= 0.6 is 35.0 Å². The smallest absolute Gasteiger partial charge is 0.266 e. The van der Waals surface area contributed by atoms with Gasteiger partial charge in [-0.05, 0) is 66.6 Å². The molecule has 3 aromatic rings. The molecule has 0 atom stereocenters. The largest absolute Gasteiger partial charge is 0.286 e. The Morgan fingerprint density at radius 3 is 2.45 bits per heavy atom. The standard InChI is InChI=1S/C25H20Cl2N2OS/c1-17-7-11-21(12-8-17)28-25-29(14-13-18-5-3-2-4-6-18)24(30)23(31-25)15-19-9-10-20(26)16-22(19)27/h2-12,15-16H,13-14H2,1H3/b23-15+,28-25?. The summed E-state index contributed by atoms with van der Waals surface area (Å²) < 4.78 is 0. The van der Waals surface area contributed by atoms with Gasteiger partial charge in [0, 0.05) is 16.6 Å². The number of carbonyl (C=O) groups excluding carboxylic acids is 1. The molecule has 0 bridgehead atoms. The summed E-state index contributed by atoms with van der Waals surface area (Å²) in [6.45, 7) is 2.58. The number of aryl methyl sites for hydroxylation is 1. The highest BCUT2D eigenvalue weighted by molar-refractivity contribution is 8.18. The average Bonchev–Trinajstić information content (AvgIpc) is 3.05. The fraction of sp³-hybridized carbons (Fsp3) is 0.120. The Balaban J connectivity index is 1.65. The first-order valence-electron chi connectivity index (χ1n) is 9.85. The maximum absolute atomic E-state index is 13.3. The van der Waals surface area contributed by atoms with Gasteiger partial charge in [-0.1, -0.05) is 77.3 Å². The van der Waals surface area contributed by atoms with Gasteiger partial charge in [-0.15, -0.1) is 0 Å². The molecule has 1 aliphatic heterocycles. The number of benzene rings is 3. The van der Waals surface area contributed by atoms with E-state index in [1.54, 1.807) is 23.1 Å². The number of rotatable bonds is 5. The van der Waals surface area contributed by atoms with Gasteiger partial charge < -0.3 is 0 Å². The van der Waals surface area contributed by atoms with Gasteiger partial charge in [0.25, 0.3) is 5.91 Å². The number of halogens is 2. The van der Waals surface area contributed by atoms with Crippen molar-refractivity contribution in [3.8, 4) is 0 Å². The van der Waals surface area contributed by atoms with Crippen molar-refractivity contribution in [1.82, 2.24) is 4.90 Å². The zero-order valence-corrected chi connectivity index (χ0v) is 19.2. The van der Waals surface area contributed by atoms with Crippen molar-refractivity contribution in [3.63, 3.8) is 0 Å². The lowest BCUT2D eigenvalue weighted by molar-refractivity contribution is -0.122. The van der Waals surface area contributed by atoms with Crippen LogP contribution in [0, 0.1) is 6.92 Å². The zero-order valence-electron chi connectivity index (χ0n) is 16.9. The SMILES string of the molecule is Cc1ccc(N=C2S/C(=C/c3ccc(Cl)cc3Cl)C(=O)N2CCc2ccccc2)cc1. The molecule has 1 amide bonds. The molecule has 31 heavy (non-hydrogen) atoms. The van der Waals surface area contributed by atoms with E-state index in [0.29, 0.717) is 26.7 Å². The average molecular weight is 467 g/mol. The lowest BCUT2D eigenvalue weighted by atomic mass is 10.1. The molecular weight excluding hydrogens is 447 g/mol. The second kappa shape index (κ2) is 9.73. The van der Waals surface area contributed by atoms with Gasteiger partial charge in [0.15, 0.2) is 5.17 Å². The van der Waals surface area contributed by atoms with Crippen LogP contribution in [-0.2, 0) is 11.2 Å². The maximum Gasteiger partial charge on any atom is 0.266 e. The molecule has 1 saturated heterocycles. The van der Waals surface area contributed by atoms with Gasteiger partial charge in [0.2, 0.25) is 0 Å². The fourth-order valence-corrected chi connectivity index (χ4v) is 4.64. The number of nitrogens with zero attached hydrogens (tertiary/aromatic N) is 2. The minimum Gasteiger partial charge on any atom is -0.286 e. The van der Waals surface area contributed by atoms with E-state index in [1.165, 1.54) is 17.3 Å². The molecule has 0 aliphatic carbocycles. The Hall–Kier alpha value is -2.53. The number of aliphatic imine (C=N–C) groups is 1. The van der Waals surface area contributed by atoms with E-state index in [4.69, 9.17) is 28.2 Å². The van der Waals surface area contributed by atoms with Crippen molar-refractivity contribution in [3.05, 3.63) is 104 Å². The molecule has 0 aromatic heterocycles. The van der Waals surface area contributed by atoms with Crippen LogP contribution in [0.15, 0.2) is 82.7 Å². The number of hydrogen-bond donors (Lipinski definition) is 0. The minimum absolute atomic E-state index is 0.0715. The Morgan fingerprint density at radius 1 is 1.00 bits per heavy atom. The van der Waals surface area contributed by atoms with E-state index >= 15 is 0 Å². The molecule has 0 unspecified atom stereocenters. The van der Waals surface area contributed by atoms with Crippen LogP contribution in [-0.4, -0.2) is 22.5 Å². The van der Waals surface area contributed by atoms with E-state index in [1.807, 2.05) is 55.5 Å². The highest BCUT2D eigenvalue weighted by Gasteiger charge is 2.33. The van der Waals surface area contributed by atoms with Crippen molar-refractivity contribution >= 4 is 57.8 Å². The molecule has 1 fully saturated rings. The van der Waals surface area contributed by atoms with E-state index in [-0.39, 0.29) is 5.91 Å².